The van der Waals surface area contributed by atoms with Gasteiger partial charge in [0.25, 0.3) is 0 Å². The van der Waals surface area contributed by atoms with E-state index in [2.05, 4.69) is 6.58 Å². The Morgan fingerprint density at radius 2 is 1.93 bits per heavy atom. The number of hydrogen-bond donors (Lipinski definition) is 0. The molecule has 1 fully saturated rings. The Hall–Kier alpha value is -2.18. The maximum absolute atomic E-state index is 13.0. The van der Waals surface area contributed by atoms with Gasteiger partial charge in [-0.2, -0.15) is 4.31 Å². The van der Waals surface area contributed by atoms with E-state index in [0.29, 0.717) is 30.0 Å². The third-order valence-electron chi connectivity index (χ3n) is 4.61. The average Bonchev–Trinajstić information content (AvgIpc) is 3.02. The monoisotopic (exact) mass is 389 g/mol. The van der Waals surface area contributed by atoms with Crippen molar-refractivity contribution in [2.45, 2.75) is 32.1 Å². The highest BCUT2D eigenvalue weighted by molar-refractivity contribution is 7.89. The van der Waals surface area contributed by atoms with Gasteiger partial charge >= 0.3 is 5.97 Å². The lowest BCUT2D eigenvalue weighted by molar-refractivity contribution is -0.136. The predicted molar refractivity (Wildman–Crippen MR) is 107 cm³/mol. The molecule has 2 rings (SSSR count). The van der Waals surface area contributed by atoms with Crippen molar-refractivity contribution in [2.75, 3.05) is 20.2 Å². The first-order valence-electron chi connectivity index (χ1n) is 8.83. The zero-order valence-electron chi connectivity index (χ0n) is 16.4. The van der Waals surface area contributed by atoms with Crippen molar-refractivity contribution in [3.05, 3.63) is 65.3 Å². The number of ether oxygens (including phenoxy) is 1. The third kappa shape index (κ3) is 5.17. The Balaban J connectivity index is 2.27. The van der Waals surface area contributed by atoms with E-state index >= 15 is 0 Å². The number of nitrogens with zero attached hydrogens (tertiary/aromatic N) is 1. The van der Waals surface area contributed by atoms with E-state index < -0.39 is 10.0 Å². The molecule has 1 aromatic rings. The fraction of sp³-hybridized carbons (Fsp3) is 0.381. The molecule has 0 aromatic heterocycles. The first-order valence-corrected chi connectivity index (χ1v) is 10.3. The Labute approximate surface area is 162 Å². The Kier molecular flexibility index (Phi) is 6.78. The molecule has 0 saturated carbocycles. The molecule has 0 N–H and O–H groups in total. The highest BCUT2D eigenvalue weighted by atomic mass is 32.2. The first-order chi connectivity index (χ1) is 12.6. The van der Waals surface area contributed by atoms with Crippen LogP contribution >= 0.6 is 0 Å². The second-order valence-corrected chi connectivity index (χ2v) is 8.93. The van der Waals surface area contributed by atoms with Crippen LogP contribution in [0.2, 0.25) is 0 Å². The summed E-state index contributed by atoms with van der Waals surface area (Å²) in [4.78, 5) is 11.9. The third-order valence-corrected chi connectivity index (χ3v) is 6.44. The minimum atomic E-state index is -3.57. The average molecular weight is 390 g/mol. The van der Waals surface area contributed by atoms with Gasteiger partial charge in [-0.3, -0.25) is 0 Å². The molecule has 1 aliphatic rings. The summed E-state index contributed by atoms with van der Waals surface area (Å²) in [6.45, 7) is 10.1. The zero-order valence-corrected chi connectivity index (χ0v) is 17.2. The highest BCUT2D eigenvalue weighted by Crippen LogP contribution is 2.31. The molecular weight excluding hydrogens is 362 g/mol. The number of aryl methyl sites for hydroxylation is 1. The molecular formula is C21H27NO4S. The molecule has 0 bridgehead atoms. The van der Waals surface area contributed by atoms with E-state index in [9.17, 15) is 13.2 Å². The van der Waals surface area contributed by atoms with Crippen molar-refractivity contribution < 1.29 is 17.9 Å². The van der Waals surface area contributed by atoms with Gasteiger partial charge in [0, 0.05) is 18.7 Å². The van der Waals surface area contributed by atoms with Crippen LogP contribution in [-0.4, -0.2) is 38.9 Å². The van der Waals surface area contributed by atoms with Crippen LogP contribution in [0.15, 0.2) is 64.6 Å². The summed E-state index contributed by atoms with van der Waals surface area (Å²) in [6.07, 6.45) is 4.32. The molecule has 6 heteroatoms. The van der Waals surface area contributed by atoms with Crippen molar-refractivity contribution in [3.63, 3.8) is 0 Å². The van der Waals surface area contributed by atoms with E-state index in [1.54, 1.807) is 31.2 Å². The topological polar surface area (TPSA) is 63.7 Å². The number of benzene rings is 1. The van der Waals surface area contributed by atoms with E-state index in [1.165, 1.54) is 11.4 Å². The van der Waals surface area contributed by atoms with Crippen LogP contribution in [0.5, 0.6) is 0 Å². The fourth-order valence-electron chi connectivity index (χ4n) is 3.07. The van der Waals surface area contributed by atoms with Crippen LogP contribution in [0.4, 0.5) is 0 Å². The summed E-state index contributed by atoms with van der Waals surface area (Å²) in [6, 6.07) is 6.88. The lowest BCUT2D eigenvalue weighted by Crippen LogP contribution is -2.29. The number of methoxy groups -OCH3 is 1. The van der Waals surface area contributed by atoms with E-state index in [1.807, 2.05) is 26.0 Å². The van der Waals surface area contributed by atoms with Gasteiger partial charge in [-0.25, -0.2) is 13.2 Å². The molecule has 1 atom stereocenters. The fourth-order valence-corrected chi connectivity index (χ4v) is 4.55. The SMILES string of the molecule is C=C(C)/C=C1\CN(S(=O)(=O)c2ccc(C)cc2)C[C@H]1C/C=C(/C)C(=O)OC. The number of rotatable bonds is 6. The molecule has 0 amide bonds. The Morgan fingerprint density at radius 3 is 2.48 bits per heavy atom. The number of hydrogen-bond acceptors (Lipinski definition) is 4. The molecule has 0 radical (unpaired) electrons. The van der Waals surface area contributed by atoms with Crippen molar-refractivity contribution in [3.8, 4) is 0 Å². The summed E-state index contributed by atoms with van der Waals surface area (Å²) in [7, 11) is -2.22. The molecule has 5 nitrogen and oxygen atoms in total. The molecule has 1 heterocycles. The number of carbonyl (C=O) groups is 1. The molecule has 146 valence electrons. The summed E-state index contributed by atoms with van der Waals surface area (Å²) in [5.74, 6) is -0.371. The van der Waals surface area contributed by atoms with Crippen LogP contribution < -0.4 is 0 Å². The lowest BCUT2D eigenvalue weighted by atomic mass is 9.96. The van der Waals surface area contributed by atoms with Crippen LogP contribution in [-0.2, 0) is 19.6 Å². The number of allylic oxidation sites excluding steroid dienone is 3. The Morgan fingerprint density at radius 1 is 1.30 bits per heavy atom. The van der Waals surface area contributed by atoms with Crippen molar-refractivity contribution >= 4 is 16.0 Å². The molecule has 0 spiro atoms. The minimum Gasteiger partial charge on any atom is -0.466 e. The molecule has 1 aromatic carbocycles. The molecule has 1 saturated heterocycles. The van der Waals surface area contributed by atoms with Gasteiger partial charge in [0.15, 0.2) is 0 Å². The first kappa shape index (κ1) is 21.1. The summed E-state index contributed by atoms with van der Waals surface area (Å²) in [5, 5.41) is 0. The van der Waals surface area contributed by atoms with Gasteiger partial charge in [-0.1, -0.05) is 47.6 Å². The summed E-state index contributed by atoms with van der Waals surface area (Å²) >= 11 is 0. The summed E-state index contributed by atoms with van der Waals surface area (Å²) < 4.78 is 32.2. The van der Waals surface area contributed by atoms with Gasteiger partial charge in [-0.05, 0) is 45.2 Å². The highest BCUT2D eigenvalue weighted by Gasteiger charge is 2.35. The van der Waals surface area contributed by atoms with Gasteiger partial charge in [0.1, 0.15) is 0 Å². The predicted octanol–water partition coefficient (Wildman–Crippen LogP) is 3.63. The van der Waals surface area contributed by atoms with E-state index in [0.717, 1.165) is 16.7 Å². The maximum atomic E-state index is 13.0. The molecule has 1 aliphatic heterocycles. The summed E-state index contributed by atoms with van der Waals surface area (Å²) in [5.41, 5.74) is 3.41. The normalized spacial score (nSPS) is 20.1. The molecule has 0 unspecified atom stereocenters. The van der Waals surface area contributed by atoms with E-state index in [-0.39, 0.29) is 11.9 Å². The smallest absolute Gasteiger partial charge is 0.333 e. The standard InChI is InChI=1S/C21H27NO4S/c1-15(2)12-19-14-22(13-18(19)9-8-17(4)21(23)26-5)27(24,25)20-10-6-16(3)7-11-20/h6-8,10-12,18H,1,9,13-14H2,2-5H3/b17-8-,19-12+/t18-/m1/s1. The second kappa shape index (κ2) is 8.67. The maximum Gasteiger partial charge on any atom is 0.333 e. The zero-order chi connectivity index (χ0) is 20.2. The molecule has 0 aliphatic carbocycles. The van der Waals surface area contributed by atoms with E-state index in [4.69, 9.17) is 4.74 Å². The quantitative estimate of drug-likeness (QED) is 0.551. The largest absolute Gasteiger partial charge is 0.466 e. The molecule has 27 heavy (non-hydrogen) atoms. The number of sulfonamides is 1. The number of esters is 1. The lowest BCUT2D eigenvalue weighted by Gasteiger charge is -2.16. The van der Waals surface area contributed by atoms with Crippen LogP contribution in [0.3, 0.4) is 0 Å². The second-order valence-electron chi connectivity index (χ2n) is 6.99. The van der Waals surface area contributed by atoms with Gasteiger partial charge in [-0.15, -0.1) is 0 Å². The van der Waals surface area contributed by atoms with Crippen molar-refractivity contribution in [1.29, 1.82) is 0 Å². The van der Waals surface area contributed by atoms with Gasteiger partial charge in [0.2, 0.25) is 10.0 Å². The van der Waals surface area contributed by atoms with Gasteiger partial charge in [0.05, 0.1) is 12.0 Å². The Bertz CT molecular complexity index is 879. The number of carbonyl (C=O) groups excluding carboxylic acids is 1. The van der Waals surface area contributed by atoms with Crippen LogP contribution in [0, 0.1) is 12.8 Å². The van der Waals surface area contributed by atoms with Crippen molar-refractivity contribution in [2.24, 2.45) is 5.92 Å². The minimum absolute atomic E-state index is 0.00142. The van der Waals surface area contributed by atoms with Crippen molar-refractivity contribution in [1.82, 2.24) is 4.31 Å². The van der Waals surface area contributed by atoms with Crippen LogP contribution in [0.25, 0.3) is 0 Å². The van der Waals surface area contributed by atoms with Crippen LogP contribution in [0.1, 0.15) is 25.8 Å². The van der Waals surface area contributed by atoms with Gasteiger partial charge < -0.3 is 4.74 Å².